The first-order valence-corrected chi connectivity index (χ1v) is 2.78. The second kappa shape index (κ2) is 2.61. The first kappa shape index (κ1) is 5.50. The summed E-state index contributed by atoms with van der Waals surface area (Å²) in [6.45, 7) is 0. The fraction of sp³-hybridized carbons (Fsp3) is 0.250. The molecule has 0 amide bonds. The fourth-order valence-corrected chi connectivity index (χ4v) is 0.508. The second-order valence-electron chi connectivity index (χ2n) is 1.21. The maximum absolute atomic E-state index is 3.96. The molecule has 3 nitrogen and oxygen atoms in total. The molecule has 0 fully saturated rings. The number of rotatable bonds is 1. The maximum Gasteiger partial charge on any atom is 0.141 e. The Morgan fingerprint density at radius 1 is 1.38 bits per heavy atom. The molecule has 0 radical (unpaired) electrons. The lowest BCUT2D eigenvalue weighted by molar-refractivity contribution is 0.963. The van der Waals surface area contributed by atoms with Crippen LogP contribution in [-0.2, 0) is 5.75 Å². The van der Waals surface area contributed by atoms with Gasteiger partial charge in [0, 0.05) is 0 Å². The molecule has 4 heteroatoms. The van der Waals surface area contributed by atoms with Gasteiger partial charge in [0.15, 0.2) is 0 Å². The van der Waals surface area contributed by atoms with Crippen LogP contribution in [0.25, 0.3) is 0 Å². The van der Waals surface area contributed by atoms with Gasteiger partial charge in [0.2, 0.25) is 0 Å². The third kappa shape index (κ3) is 1.16. The van der Waals surface area contributed by atoms with E-state index in [1.807, 2.05) is 0 Å². The van der Waals surface area contributed by atoms with Gasteiger partial charge in [-0.05, 0) is 0 Å². The predicted molar refractivity (Wildman–Crippen MR) is 32.5 cm³/mol. The molecule has 8 heavy (non-hydrogen) atoms. The highest BCUT2D eigenvalue weighted by Gasteiger charge is 1.84. The van der Waals surface area contributed by atoms with Gasteiger partial charge in [-0.25, -0.2) is 15.0 Å². The van der Waals surface area contributed by atoms with Crippen molar-refractivity contribution in [2.75, 3.05) is 0 Å². The minimum Gasteiger partial charge on any atom is -0.225 e. The van der Waals surface area contributed by atoms with Gasteiger partial charge in [0.1, 0.15) is 18.5 Å². The quantitative estimate of drug-likeness (QED) is 0.551. The van der Waals surface area contributed by atoms with E-state index in [0.29, 0.717) is 11.6 Å². The van der Waals surface area contributed by atoms with Crippen molar-refractivity contribution in [3.05, 3.63) is 18.5 Å². The van der Waals surface area contributed by atoms with Crippen LogP contribution in [0.15, 0.2) is 12.7 Å². The van der Waals surface area contributed by atoms with Crippen LogP contribution in [0.5, 0.6) is 0 Å². The van der Waals surface area contributed by atoms with Crippen LogP contribution < -0.4 is 0 Å². The molecule has 42 valence electrons. The van der Waals surface area contributed by atoms with Crippen LogP contribution >= 0.6 is 12.6 Å². The Labute approximate surface area is 52.6 Å². The molecule has 0 saturated carbocycles. The van der Waals surface area contributed by atoms with Gasteiger partial charge in [0.05, 0.1) is 5.75 Å². The largest absolute Gasteiger partial charge is 0.225 e. The Balaban J connectivity index is 2.83. The minimum absolute atomic E-state index is 0.572. The highest BCUT2D eigenvalue weighted by molar-refractivity contribution is 7.79. The zero-order valence-electron chi connectivity index (χ0n) is 4.15. The lowest BCUT2D eigenvalue weighted by Crippen LogP contribution is -1.89. The zero-order chi connectivity index (χ0) is 5.82. The van der Waals surface area contributed by atoms with Crippen molar-refractivity contribution in [3.63, 3.8) is 0 Å². The normalized spacial score (nSPS) is 9.12. The average Bonchev–Trinajstić information content (AvgIpc) is 1.90. The maximum atomic E-state index is 3.96. The number of hydrogen-bond donors (Lipinski definition) is 1. The summed E-state index contributed by atoms with van der Waals surface area (Å²) < 4.78 is 0. The Kier molecular flexibility index (Phi) is 1.80. The summed E-state index contributed by atoms with van der Waals surface area (Å²) in [4.78, 5) is 11.2. The molecule has 0 spiro atoms. The van der Waals surface area contributed by atoms with Crippen molar-refractivity contribution < 1.29 is 0 Å². The smallest absolute Gasteiger partial charge is 0.141 e. The third-order valence-corrected chi connectivity index (χ3v) is 0.971. The van der Waals surface area contributed by atoms with Crippen LogP contribution in [0.2, 0.25) is 0 Å². The van der Waals surface area contributed by atoms with Crippen molar-refractivity contribution in [2.45, 2.75) is 5.75 Å². The molecule has 0 atom stereocenters. The van der Waals surface area contributed by atoms with Crippen LogP contribution in [0.4, 0.5) is 0 Å². The van der Waals surface area contributed by atoms with E-state index in [4.69, 9.17) is 0 Å². The summed E-state index contributed by atoms with van der Waals surface area (Å²) >= 11 is 3.96. The molecule has 0 saturated heterocycles. The number of aromatic nitrogens is 3. The first-order chi connectivity index (χ1) is 3.93. The lowest BCUT2D eigenvalue weighted by atomic mass is 10.7. The van der Waals surface area contributed by atoms with E-state index in [0.717, 1.165) is 0 Å². The van der Waals surface area contributed by atoms with Gasteiger partial charge in [-0.1, -0.05) is 0 Å². The van der Waals surface area contributed by atoms with Crippen LogP contribution in [-0.4, -0.2) is 15.0 Å². The molecule has 0 aromatic carbocycles. The first-order valence-electron chi connectivity index (χ1n) is 2.15. The highest BCUT2D eigenvalue weighted by Crippen LogP contribution is 1.88. The standard InChI is InChI=1S/C4H5N3S/c8-1-4-6-2-5-3-7-4/h2-3,8H,1H2. The summed E-state index contributed by atoms with van der Waals surface area (Å²) in [5, 5.41) is 0. The number of thiol groups is 1. The van der Waals surface area contributed by atoms with E-state index in [1.54, 1.807) is 0 Å². The van der Waals surface area contributed by atoms with Crippen molar-refractivity contribution in [3.8, 4) is 0 Å². The molecular formula is C4H5N3S. The van der Waals surface area contributed by atoms with Crippen molar-refractivity contribution in [1.82, 2.24) is 15.0 Å². The van der Waals surface area contributed by atoms with Gasteiger partial charge in [-0.15, -0.1) is 0 Å². The van der Waals surface area contributed by atoms with E-state index >= 15 is 0 Å². The predicted octanol–water partition coefficient (Wildman–Crippen LogP) is 0.301. The molecule has 0 aliphatic rings. The zero-order valence-corrected chi connectivity index (χ0v) is 5.05. The van der Waals surface area contributed by atoms with Crippen LogP contribution in [0.3, 0.4) is 0 Å². The lowest BCUT2D eigenvalue weighted by Gasteiger charge is -1.86. The van der Waals surface area contributed by atoms with Crippen molar-refractivity contribution in [1.29, 1.82) is 0 Å². The molecule has 1 aromatic heterocycles. The van der Waals surface area contributed by atoms with E-state index in [2.05, 4.69) is 27.6 Å². The van der Waals surface area contributed by atoms with Crippen molar-refractivity contribution >= 4 is 12.6 Å². The second-order valence-corrected chi connectivity index (χ2v) is 1.53. The molecule has 1 heterocycles. The van der Waals surface area contributed by atoms with E-state index < -0.39 is 0 Å². The monoisotopic (exact) mass is 127 g/mol. The number of hydrogen-bond acceptors (Lipinski definition) is 4. The topological polar surface area (TPSA) is 38.7 Å². The Morgan fingerprint density at radius 3 is 2.38 bits per heavy atom. The van der Waals surface area contributed by atoms with E-state index in [1.165, 1.54) is 12.7 Å². The Hall–Kier alpha value is -0.640. The van der Waals surface area contributed by atoms with Gasteiger partial charge in [-0.2, -0.15) is 12.6 Å². The molecule has 0 N–H and O–H groups in total. The van der Waals surface area contributed by atoms with E-state index in [9.17, 15) is 0 Å². The van der Waals surface area contributed by atoms with Crippen molar-refractivity contribution in [2.24, 2.45) is 0 Å². The summed E-state index contributed by atoms with van der Waals surface area (Å²) in [6.07, 6.45) is 2.91. The van der Waals surface area contributed by atoms with Crippen LogP contribution in [0.1, 0.15) is 5.82 Å². The molecule has 1 rings (SSSR count). The third-order valence-electron chi connectivity index (χ3n) is 0.688. The molecule has 0 aliphatic heterocycles. The Morgan fingerprint density at radius 2 is 2.00 bits per heavy atom. The SMILES string of the molecule is SCc1ncncn1. The minimum atomic E-state index is 0.572. The average molecular weight is 127 g/mol. The summed E-state index contributed by atoms with van der Waals surface area (Å²) in [7, 11) is 0. The summed E-state index contributed by atoms with van der Waals surface area (Å²) in [6, 6.07) is 0. The van der Waals surface area contributed by atoms with Gasteiger partial charge in [-0.3, -0.25) is 0 Å². The molecular weight excluding hydrogens is 122 g/mol. The fourth-order valence-electron chi connectivity index (χ4n) is 0.345. The number of nitrogens with zero attached hydrogens (tertiary/aromatic N) is 3. The molecule has 1 aromatic rings. The van der Waals surface area contributed by atoms with Gasteiger partial charge in [0.25, 0.3) is 0 Å². The van der Waals surface area contributed by atoms with Gasteiger partial charge >= 0.3 is 0 Å². The molecule has 0 unspecified atom stereocenters. The van der Waals surface area contributed by atoms with E-state index in [-0.39, 0.29) is 0 Å². The summed E-state index contributed by atoms with van der Waals surface area (Å²) in [5.41, 5.74) is 0. The van der Waals surface area contributed by atoms with Crippen LogP contribution in [0, 0.1) is 0 Å². The summed E-state index contributed by atoms with van der Waals surface area (Å²) in [5.74, 6) is 1.28. The molecule has 0 bridgehead atoms. The highest BCUT2D eigenvalue weighted by atomic mass is 32.1. The van der Waals surface area contributed by atoms with Gasteiger partial charge < -0.3 is 0 Å². The Bertz CT molecular complexity index is 153. The molecule has 0 aliphatic carbocycles.